The van der Waals surface area contributed by atoms with Crippen LogP contribution in [-0.2, 0) is 0 Å². The first-order chi connectivity index (χ1) is 6.42. The highest BCUT2D eigenvalue weighted by atomic mass is 127. The zero-order valence-electron chi connectivity index (χ0n) is 6.57. The van der Waals surface area contributed by atoms with Gasteiger partial charge in [-0.1, -0.05) is 6.07 Å². The van der Waals surface area contributed by atoms with Crippen LogP contribution in [-0.4, -0.2) is 9.38 Å². The van der Waals surface area contributed by atoms with Crippen molar-refractivity contribution in [2.24, 2.45) is 0 Å². The molecule has 4 heteroatoms. The number of rotatable bonds is 0. The molecule has 2 heterocycles. The van der Waals surface area contributed by atoms with Gasteiger partial charge in [-0.3, -0.25) is 4.40 Å². The van der Waals surface area contributed by atoms with Crippen LogP contribution < -0.4 is 0 Å². The Kier molecular flexibility index (Phi) is 2.76. The van der Waals surface area contributed by atoms with Crippen molar-refractivity contribution in [3.63, 3.8) is 0 Å². The molecule has 0 amide bonds. The average molecular weight is 300 g/mol. The summed E-state index contributed by atoms with van der Waals surface area (Å²) in [6.07, 6.45) is 3.69. The Labute approximate surface area is 92.3 Å². The van der Waals surface area contributed by atoms with Gasteiger partial charge in [-0.25, -0.2) is 4.98 Å². The smallest absolute Gasteiger partial charge is 0.137 e. The lowest BCUT2D eigenvalue weighted by Gasteiger charge is -1.95. The maximum Gasteiger partial charge on any atom is 0.137 e. The van der Waals surface area contributed by atoms with Crippen LogP contribution in [0.1, 0.15) is 5.69 Å². The number of hydrogen-bond acceptors (Lipinski definition) is 2. The van der Waals surface area contributed by atoms with Gasteiger partial charge >= 0.3 is 0 Å². The Morgan fingerprint density at radius 3 is 3.23 bits per heavy atom. The van der Waals surface area contributed by atoms with Crippen LogP contribution in [0.5, 0.6) is 0 Å². The molecule has 13 heavy (non-hydrogen) atoms. The topological polar surface area (TPSA) is 17.3 Å². The van der Waals surface area contributed by atoms with E-state index >= 15 is 0 Å². The van der Waals surface area contributed by atoms with Gasteiger partial charge in [0.05, 0.1) is 5.69 Å². The van der Waals surface area contributed by atoms with Crippen molar-refractivity contribution >= 4 is 35.8 Å². The predicted octanol–water partition coefficient (Wildman–Crippen LogP) is 2.73. The van der Waals surface area contributed by atoms with Gasteiger partial charge in [-0.2, -0.15) is 0 Å². The van der Waals surface area contributed by atoms with Crippen molar-refractivity contribution in [2.45, 2.75) is 0 Å². The molecule has 0 spiro atoms. The predicted molar refractivity (Wildman–Crippen MR) is 63.7 cm³/mol. The van der Waals surface area contributed by atoms with Crippen molar-refractivity contribution in [3.05, 3.63) is 36.3 Å². The van der Waals surface area contributed by atoms with Gasteiger partial charge < -0.3 is 0 Å². The Balaban J connectivity index is 2.61. The summed E-state index contributed by atoms with van der Waals surface area (Å²) in [5.41, 5.74) is 1.91. The molecule has 0 saturated carbocycles. The van der Waals surface area contributed by atoms with E-state index < -0.39 is 0 Å². The Hall–Kier alpha value is -0.670. The number of halogens is 1. The number of nitrogens with zero attached hydrogens (tertiary/aromatic N) is 2. The van der Waals surface area contributed by atoms with Gasteiger partial charge in [-0.15, -0.1) is 0 Å². The lowest BCUT2D eigenvalue weighted by atomic mass is 10.3. The number of aromatic nitrogens is 2. The molecule has 0 aromatic carbocycles. The van der Waals surface area contributed by atoms with E-state index in [1.807, 2.05) is 28.8 Å². The third-order valence-electron chi connectivity index (χ3n) is 1.65. The maximum absolute atomic E-state index is 4.17. The molecule has 0 saturated heterocycles. The Morgan fingerprint density at radius 2 is 2.38 bits per heavy atom. The van der Waals surface area contributed by atoms with Crippen molar-refractivity contribution in [3.8, 4) is 11.2 Å². The van der Waals surface area contributed by atoms with Gasteiger partial charge in [0.15, 0.2) is 0 Å². The van der Waals surface area contributed by atoms with Gasteiger partial charge in [-0.05, 0) is 32.2 Å². The third-order valence-corrected chi connectivity index (χ3v) is 2.49. The summed E-state index contributed by atoms with van der Waals surface area (Å²) in [6.45, 7) is 0. The lowest BCUT2D eigenvalue weighted by Crippen LogP contribution is -1.88. The zero-order valence-corrected chi connectivity index (χ0v) is 9.54. The summed E-state index contributed by atoms with van der Waals surface area (Å²) in [7, 11) is 1.48. The second-order valence-corrected chi connectivity index (χ2v) is 4.05. The SMILES string of the molecule is ISC#Cc1cccc2nccn12. The molecule has 0 aliphatic rings. The van der Waals surface area contributed by atoms with E-state index in [0.717, 1.165) is 11.3 Å². The molecular weight excluding hydrogens is 295 g/mol. The quantitative estimate of drug-likeness (QED) is 0.550. The van der Waals surface area contributed by atoms with Crippen LogP contribution in [0.2, 0.25) is 0 Å². The molecule has 64 valence electrons. The molecule has 2 aromatic heterocycles. The molecule has 0 N–H and O–H groups in total. The number of imidazole rings is 1. The van der Waals surface area contributed by atoms with Crippen LogP contribution in [0.15, 0.2) is 30.6 Å². The minimum atomic E-state index is 0.935. The summed E-state index contributed by atoms with van der Waals surface area (Å²) in [4.78, 5) is 4.17. The highest BCUT2D eigenvalue weighted by Gasteiger charge is 1.95. The average Bonchev–Trinajstić information content (AvgIpc) is 2.62. The van der Waals surface area contributed by atoms with Crippen molar-refractivity contribution in [2.75, 3.05) is 0 Å². The first kappa shape index (κ1) is 8.91. The second kappa shape index (κ2) is 4.03. The summed E-state index contributed by atoms with van der Waals surface area (Å²) in [5.74, 6) is 3.05. The molecular formula is C9H5IN2S. The van der Waals surface area contributed by atoms with E-state index in [0.29, 0.717) is 0 Å². The van der Waals surface area contributed by atoms with Crippen LogP contribution in [0.25, 0.3) is 5.65 Å². The molecule has 0 aliphatic heterocycles. The van der Waals surface area contributed by atoms with Crippen LogP contribution in [0.3, 0.4) is 0 Å². The molecule has 0 bridgehead atoms. The summed E-state index contributed by atoms with van der Waals surface area (Å²) in [6, 6.07) is 5.90. The highest BCUT2D eigenvalue weighted by Crippen LogP contribution is 2.09. The first-order valence-electron chi connectivity index (χ1n) is 3.62. The minimum Gasteiger partial charge on any atom is -0.293 e. The molecule has 0 aliphatic carbocycles. The van der Waals surface area contributed by atoms with E-state index in [1.165, 1.54) is 8.93 Å². The summed E-state index contributed by atoms with van der Waals surface area (Å²) < 4.78 is 1.97. The summed E-state index contributed by atoms with van der Waals surface area (Å²) >= 11 is 2.15. The molecule has 0 fully saturated rings. The molecule has 2 rings (SSSR count). The fraction of sp³-hybridized carbons (Fsp3) is 0. The normalized spacial score (nSPS) is 9.62. The van der Waals surface area contributed by atoms with Crippen LogP contribution in [0, 0.1) is 11.2 Å². The number of pyridine rings is 1. The number of hydrogen-bond donors (Lipinski definition) is 0. The standard InChI is InChI=1S/C9H5IN2S/c10-13-7-4-8-2-1-3-9-11-5-6-12(8)9/h1-3,5-6H. The van der Waals surface area contributed by atoms with E-state index in [1.54, 1.807) is 6.20 Å². The van der Waals surface area contributed by atoms with Crippen molar-refractivity contribution in [1.29, 1.82) is 0 Å². The Bertz CT molecular complexity index is 481. The molecule has 0 unspecified atom stereocenters. The van der Waals surface area contributed by atoms with Gasteiger partial charge in [0.25, 0.3) is 0 Å². The second-order valence-electron chi connectivity index (χ2n) is 2.37. The zero-order chi connectivity index (χ0) is 9.10. The van der Waals surface area contributed by atoms with E-state index in [4.69, 9.17) is 0 Å². The van der Waals surface area contributed by atoms with E-state index in [2.05, 4.69) is 37.4 Å². The third kappa shape index (κ3) is 1.81. The van der Waals surface area contributed by atoms with Crippen LogP contribution >= 0.6 is 30.1 Å². The maximum atomic E-state index is 4.17. The molecule has 0 atom stereocenters. The van der Waals surface area contributed by atoms with E-state index in [-0.39, 0.29) is 0 Å². The molecule has 0 radical (unpaired) electrons. The molecule has 2 nitrogen and oxygen atoms in total. The fourth-order valence-electron chi connectivity index (χ4n) is 1.12. The summed E-state index contributed by atoms with van der Waals surface area (Å²) in [5, 5.41) is 2.95. The minimum absolute atomic E-state index is 0.935. The fourth-order valence-corrected chi connectivity index (χ4v) is 1.59. The van der Waals surface area contributed by atoms with Crippen molar-refractivity contribution in [1.82, 2.24) is 9.38 Å². The van der Waals surface area contributed by atoms with Gasteiger partial charge in [0.2, 0.25) is 0 Å². The largest absolute Gasteiger partial charge is 0.293 e. The number of fused-ring (bicyclic) bond motifs is 1. The van der Waals surface area contributed by atoms with E-state index in [9.17, 15) is 0 Å². The van der Waals surface area contributed by atoms with Gasteiger partial charge in [0.1, 0.15) is 5.65 Å². The Morgan fingerprint density at radius 1 is 1.46 bits per heavy atom. The van der Waals surface area contributed by atoms with Crippen molar-refractivity contribution < 1.29 is 0 Å². The first-order valence-corrected chi connectivity index (χ1v) is 6.98. The lowest BCUT2D eigenvalue weighted by molar-refractivity contribution is 1.16. The monoisotopic (exact) mass is 300 g/mol. The molecule has 2 aromatic rings. The highest BCUT2D eigenvalue weighted by molar-refractivity contribution is 14.2. The van der Waals surface area contributed by atoms with Gasteiger partial charge in [0, 0.05) is 33.6 Å². The van der Waals surface area contributed by atoms with Crippen LogP contribution in [0.4, 0.5) is 0 Å².